The van der Waals surface area contributed by atoms with E-state index in [1.165, 1.54) is 4.90 Å². The fourth-order valence-electron chi connectivity index (χ4n) is 4.64. The molecule has 29 heavy (non-hydrogen) atoms. The molecule has 0 aromatic heterocycles. The van der Waals surface area contributed by atoms with Crippen molar-refractivity contribution in [1.29, 1.82) is 0 Å². The number of carbonyl (C=O) groups is 2. The van der Waals surface area contributed by atoms with Gasteiger partial charge in [-0.15, -0.1) is 0 Å². The zero-order valence-electron chi connectivity index (χ0n) is 16.7. The third kappa shape index (κ3) is 3.99. The predicted octanol–water partition coefficient (Wildman–Crippen LogP) is 1.43. The highest BCUT2D eigenvalue weighted by molar-refractivity contribution is 6.06. The summed E-state index contributed by atoms with van der Waals surface area (Å²) >= 11 is 0. The molecule has 1 saturated heterocycles. The van der Waals surface area contributed by atoms with Gasteiger partial charge in [-0.2, -0.15) is 0 Å². The number of guanidine groups is 1. The molecule has 4 rings (SSSR count). The first-order chi connectivity index (χ1) is 14.2. The Morgan fingerprint density at radius 1 is 1.10 bits per heavy atom. The van der Waals surface area contributed by atoms with Crippen molar-refractivity contribution in [3.8, 4) is 5.75 Å². The second-order valence-electron chi connectivity index (χ2n) is 7.68. The number of hydrogen-bond acceptors (Lipinski definition) is 4. The Morgan fingerprint density at radius 2 is 1.79 bits per heavy atom. The minimum absolute atomic E-state index is 0.0127. The Hall–Kier alpha value is -2.83. The molecule has 4 atom stereocenters. The zero-order chi connectivity index (χ0) is 20.2. The molecule has 7 heteroatoms. The lowest BCUT2D eigenvalue weighted by Crippen LogP contribution is -2.40. The number of nitrogens with zero attached hydrogens (tertiary/aromatic N) is 2. The van der Waals surface area contributed by atoms with Crippen molar-refractivity contribution in [2.24, 2.45) is 28.7 Å². The number of allylic oxidation sites excluding steroid dienone is 2. The summed E-state index contributed by atoms with van der Waals surface area (Å²) < 4.78 is 5.67. The van der Waals surface area contributed by atoms with Crippen LogP contribution in [0.15, 0.2) is 47.5 Å². The highest BCUT2D eigenvalue weighted by Gasteiger charge is 2.58. The smallest absolute Gasteiger partial charge is 0.233 e. The molecule has 2 bridgehead atoms. The van der Waals surface area contributed by atoms with Crippen LogP contribution < -0.4 is 15.4 Å². The molecule has 0 radical (unpaired) electrons. The first kappa shape index (κ1) is 19.5. The highest BCUT2D eigenvalue weighted by atomic mass is 16.5. The molecule has 3 aliphatic rings. The first-order valence-electron chi connectivity index (χ1n) is 10.4. The van der Waals surface area contributed by atoms with Gasteiger partial charge in [0, 0.05) is 13.1 Å². The summed E-state index contributed by atoms with van der Waals surface area (Å²) in [7, 11) is 0. The lowest BCUT2D eigenvalue weighted by Gasteiger charge is -2.17. The van der Waals surface area contributed by atoms with Gasteiger partial charge in [-0.3, -0.25) is 19.5 Å². The summed E-state index contributed by atoms with van der Waals surface area (Å²) in [5.41, 5.74) is 0. The van der Waals surface area contributed by atoms with E-state index in [9.17, 15) is 9.59 Å². The number of benzene rings is 1. The van der Waals surface area contributed by atoms with Gasteiger partial charge >= 0.3 is 0 Å². The predicted molar refractivity (Wildman–Crippen MR) is 110 cm³/mol. The lowest BCUT2D eigenvalue weighted by molar-refractivity contribution is -0.140. The Bertz CT molecular complexity index is 778. The minimum Gasteiger partial charge on any atom is -0.492 e. The van der Waals surface area contributed by atoms with Gasteiger partial charge in [0.05, 0.1) is 24.9 Å². The summed E-state index contributed by atoms with van der Waals surface area (Å²) in [6.07, 6.45) is 5.19. The topological polar surface area (TPSA) is 83.0 Å². The third-order valence-electron chi connectivity index (χ3n) is 5.91. The van der Waals surface area contributed by atoms with Gasteiger partial charge in [0.25, 0.3) is 0 Å². The molecule has 2 amide bonds. The van der Waals surface area contributed by atoms with Gasteiger partial charge in [-0.25, -0.2) is 0 Å². The second-order valence-corrected chi connectivity index (χ2v) is 7.68. The normalized spacial score (nSPS) is 27.5. The summed E-state index contributed by atoms with van der Waals surface area (Å²) in [5.74, 6) is 1.69. The maximum Gasteiger partial charge on any atom is 0.233 e. The summed E-state index contributed by atoms with van der Waals surface area (Å²) in [4.78, 5) is 31.4. The van der Waals surface area contributed by atoms with Crippen molar-refractivity contribution < 1.29 is 14.3 Å². The number of hydrogen-bond donors (Lipinski definition) is 2. The molecule has 154 valence electrons. The van der Waals surface area contributed by atoms with Crippen molar-refractivity contribution in [2.75, 3.05) is 32.8 Å². The number of nitrogens with one attached hydrogen (secondary N) is 2. The van der Waals surface area contributed by atoms with E-state index in [2.05, 4.69) is 27.8 Å². The molecule has 2 fully saturated rings. The van der Waals surface area contributed by atoms with E-state index in [0.29, 0.717) is 32.2 Å². The minimum atomic E-state index is -0.136. The van der Waals surface area contributed by atoms with Gasteiger partial charge in [0.15, 0.2) is 5.96 Å². The molecule has 7 nitrogen and oxygen atoms in total. The van der Waals surface area contributed by atoms with Crippen LogP contribution in [0.4, 0.5) is 0 Å². The maximum atomic E-state index is 12.7. The van der Waals surface area contributed by atoms with Gasteiger partial charge in [0.1, 0.15) is 12.4 Å². The van der Waals surface area contributed by atoms with E-state index in [0.717, 1.165) is 18.7 Å². The molecule has 1 aromatic rings. The van der Waals surface area contributed by atoms with Crippen LogP contribution in [0.2, 0.25) is 0 Å². The van der Waals surface area contributed by atoms with E-state index < -0.39 is 0 Å². The maximum absolute atomic E-state index is 12.7. The fraction of sp³-hybridized carbons (Fsp3) is 0.500. The second kappa shape index (κ2) is 8.68. The standard InChI is InChI=1S/C22H28N4O3/c1-2-23-22(25-11-13-29-17-6-4-3-5-7-17)24-10-12-26-20(27)18-15-8-9-16(14-15)19(18)21(26)28/h3-9,15-16,18-19H,2,10-14H2,1H3,(H2,23,24,25). The van der Waals surface area contributed by atoms with Gasteiger partial charge < -0.3 is 15.4 Å². The highest BCUT2D eigenvalue weighted by Crippen LogP contribution is 2.52. The van der Waals surface area contributed by atoms with Crippen LogP contribution in [0.3, 0.4) is 0 Å². The Morgan fingerprint density at radius 3 is 2.45 bits per heavy atom. The zero-order valence-corrected chi connectivity index (χ0v) is 16.7. The number of carbonyl (C=O) groups excluding carboxylic acids is 2. The van der Waals surface area contributed by atoms with Gasteiger partial charge in [0.2, 0.25) is 11.8 Å². The molecule has 2 aliphatic carbocycles. The number of imide groups is 1. The monoisotopic (exact) mass is 396 g/mol. The molecular weight excluding hydrogens is 368 g/mol. The van der Waals surface area contributed by atoms with Crippen LogP contribution in [-0.2, 0) is 9.59 Å². The van der Waals surface area contributed by atoms with Crippen LogP contribution in [0.5, 0.6) is 5.75 Å². The van der Waals surface area contributed by atoms with Crippen molar-refractivity contribution in [2.45, 2.75) is 13.3 Å². The Kier molecular flexibility index (Phi) is 5.83. The number of rotatable bonds is 8. The van der Waals surface area contributed by atoms with E-state index in [-0.39, 0.29) is 35.5 Å². The van der Waals surface area contributed by atoms with Crippen LogP contribution in [0.1, 0.15) is 13.3 Å². The first-order valence-corrected chi connectivity index (χ1v) is 10.4. The van der Waals surface area contributed by atoms with E-state index in [1.54, 1.807) is 0 Å². The number of amides is 2. The average Bonchev–Trinajstić information content (AvgIpc) is 3.41. The van der Waals surface area contributed by atoms with E-state index >= 15 is 0 Å². The summed E-state index contributed by atoms with van der Waals surface area (Å²) in [6, 6.07) is 9.65. The summed E-state index contributed by atoms with van der Waals surface area (Å²) in [6.45, 7) is 4.55. The SMILES string of the molecule is CCNC(=NCCN1C(=O)C2C3C=CC(C3)C2C1=O)NCCOc1ccccc1. The Labute approximate surface area is 171 Å². The van der Waals surface area contributed by atoms with Crippen LogP contribution in [0.25, 0.3) is 0 Å². The fourth-order valence-corrected chi connectivity index (χ4v) is 4.64. The van der Waals surface area contributed by atoms with Gasteiger partial charge in [-0.1, -0.05) is 30.4 Å². The molecule has 2 N–H and O–H groups in total. The molecule has 1 aromatic carbocycles. The van der Waals surface area contributed by atoms with Crippen LogP contribution in [0, 0.1) is 23.7 Å². The van der Waals surface area contributed by atoms with E-state index in [1.807, 2.05) is 37.3 Å². The summed E-state index contributed by atoms with van der Waals surface area (Å²) in [5, 5.41) is 6.40. The number of para-hydroxylation sites is 1. The average molecular weight is 396 g/mol. The van der Waals surface area contributed by atoms with Crippen molar-refractivity contribution >= 4 is 17.8 Å². The molecule has 0 spiro atoms. The van der Waals surface area contributed by atoms with Gasteiger partial charge in [-0.05, 0) is 37.3 Å². The van der Waals surface area contributed by atoms with Crippen molar-refractivity contribution in [3.63, 3.8) is 0 Å². The van der Waals surface area contributed by atoms with Crippen molar-refractivity contribution in [3.05, 3.63) is 42.5 Å². The lowest BCUT2D eigenvalue weighted by atomic mass is 9.85. The molecule has 1 saturated carbocycles. The number of fused-ring (bicyclic) bond motifs is 5. The molecule has 1 heterocycles. The van der Waals surface area contributed by atoms with Crippen molar-refractivity contribution in [1.82, 2.24) is 15.5 Å². The van der Waals surface area contributed by atoms with Crippen LogP contribution in [-0.4, -0.2) is 55.5 Å². The largest absolute Gasteiger partial charge is 0.492 e. The molecule has 1 aliphatic heterocycles. The number of aliphatic imine (C=N–C) groups is 1. The molecule has 4 unspecified atom stereocenters. The Balaban J connectivity index is 1.25. The van der Waals surface area contributed by atoms with Crippen LogP contribution >= 0.6 is 0 Å². The number of ether oxygens (including phenoxy) is 1. The quantitative estimate of drug-likeness (QED) is 0.228. The van der Waals surface area contributed by atoms with E-state index in [4.69, 9.17) is 4.74 Å². The number of likely N-dealkylation sites (tertiary alicyclic amines) is 1. The third-order valence-corrected chi connectivity index (χ3v) is 5.91. The molecular formula is C22H28N4O3.